The molecule has 0 aliphatic heterocycles. The molecule has 0 radical (unpaired) electrons. The van der Waals surface area contributed by atoms with Crippen molar-refractivity contribution >= 4 is 5.91 Å². The summed E-state index contributed by atoms with van der Waals surface area (Å²) in [5, 5.41) is 3.35. The van der Waals surface area contributed by atoms with E-state index in [4.69, 9.17) is 5.73 Å². The van der Waals surface area contributed by atoms with Crippen molar-refractivity contribution in [3.05, 3.63) is 0 Å². The molecule has 0 aromatic heterocycles. The van der Waals surface area contributed by atoms with E-state index in [-0.39, 0.29) is 16.7 Å². The van der Waals surface area contributed by atoms with Gasteiger partial charge in [0.1, 0.15) is 0 Å². The highest BCUT2D eigenvalue weighted by molar-refractivity contribution is 5.83. The van der Waals surface area contributed by atoms with E-state index in [9.17, 15) is 4.79 Å². The number of carbonyl (C=O) groups excluding carboxylic acids is 1. The molecule has 1 unspecified atom stereocenters. The van der Waals surface area contributed by atoms with Gasteiger partial charge in [0.05, 0.1) is 5.41 Å². The second-order valence-electron chi connectivity index (χ2n) is 7.31. The van der Waals surface area contributed by atoms with Gasteiger partial charge < -0.3 is 11.1 Å². The molecule has 2 saturated carbocycles. The smallest absolute Gasteiger partial charge is 0.227 e. The number of hydrogen-bond acceptors (Lipinski definition) is 2. The van der Waals surface area contributed by atoms with Crippen molar-refractivity contribution in [1.82, 2.24) is 5.32 Å². The van der Waals surface area contributed by atoms with Gasteiger partial charge in [0.25, 0.3) is 0 Å². The highest BCUT2D eigenvalue weighted by Gasteiger charge is 2.41. The standard InChI is InChI=1S/C16H30N2O/c1-15(2)9-7-4-8-13(15)18-14(19)16(12-17)10-5-3-6-11-16/h13H,3-12,17H2,1-2H3,(H,18,19). The van der Waals surface area contributed by atoms with Gasteiger partial charge in [0.2, 0.25) is 5.91 Å². The molecule has 3 heteroatoms. The first kappa shape index (κ1) is 14.8. The summed E-state index contributed by atoms with van der Waals surface area (Å²) in [6.07, 6.45) is 10.4. The van der Waals surface area contributed by atoms with Crippen LogP contribution >= 0.6 is 0 Å². The molecule has 0 aromatic rings. The number of nitrogens with two attached hydrogens (primary N) is 1. The van der Waals surface area contributed by atoms with Gasteiger partial charge in [-0.25, -0.2) is 0 Å². The Morgan fingerprint density at radius 3 is 2.32 bits per heavy atom. The molecule has 0 bridgehead atoms. The maximum absolute atomic E-state index is 12.7. The zero-order valence-corrected chi connectivity index (χ0v) is 12.6. The second kappa shape index (κ2) is 5.82. The third-order valence-corrected chi connectivity index (χ3v) is 5.50. The van der Waals surface area contributed by atoms with Crippen LogP contribution in [-0.2, 0) is 4.79 Å². The zero-order valence-electron chi connectivity index (χ0n) is 12.6. The molecule has 2 fully saturated rings. The van der Waals surface area contributed by atoms with Crippen LogP contribution in [0.5, 0.6) is 0 Å². The molecule has 0 aromatic carbocycles. The van der Waals surface area contributed by atoms with E-state index in [2.05, 4.69) is 19.2 Å². The molecule has 3 nitrogen and oxygen atoms in total. The molecule has 0 saturated heterocycles. The predicted molar refractivity (Wildman–Crippen MR) is 78.8 cm³/mol. The van der Waals surface area contributed by atoms with Crippen LogP contribution < -0.4 is 11.1 Å². The molecular weight excluding hydrogens is 236 g/mol. The number of rotatable bonds is 3. The Labute approximate surface area is 117 Å². The Bertz CT molecular complexity index is 319. The van der Waals surface area contributed by atoms with Crippen molar-refractivity contribution in [3.63, 3.8) is 0 Å². The fraction of sp³-hybridized carbons (Fsp3) is 0.938. The molecule has 2 aliphatic rings. The molecule has 110 valence electrons. The molecule has 2 aliphatic carbocycles. The van der Waals surface area contributed by atoms with Gasteiger partial charge in [-0.15, -0.1) is 0 Å². The number of amides is 1. The second-order valence-corrected chi connectivity index (χ2v) is 7.31. The summed E-state index contributed by atoms with van der Waals surface area (Å²) in [4.78, 5) is 12.7. The largest absolute Gasteiger partial charge is 0.352 e. The van der Waals surface area contributed by atoms with Gasteiger partial charge in [-0.2, -0.15) is 0 Å². The van der Waals surface area contributed by atoms with Gasteiger partial charge in [0, 0.05) is 12.6 Å². The van der Waals surface area contributed by atoms with Crippen LogP contribution in [0.3, 0.4) is 0 Å². The van der Waals surface area contributed by atoms with Crippen LogP contribution in [0.15, 0.2) is 0 Å². The van der Waals surface area contributed by atoms with E-state index < -0.39 is 0 Å². The Kier molecular flexibility index (Phi) is 4.54. The lowest BCUT2D eigenvalue weighted by Gasteiger charge is -2.42. The highest BCUT2D eigenvalue weighted by Crippen LogP contribution is 2.39. The fourth-order valence-electron chi connectivity index (χ4n) is 3.83. The van der Waals surface area contributed by atoms with E-state index in [0.717, 1.165) is 32.1 Å². The first-order chi connectivity index (χ1) is 9.00. The van der Waals surface area contributed by atoms with Gasteiger partial charge in [-0.05, 0) is 31.1 Å². The van der Waals surface area contributed by atoms with E-state index in [1.165, 1.54) is 25.7 Å². The van der Waals surface area contributed by atoms with Crippen LogP contribution in [0, 0.1) is 10.8 Å². The Balaban J connectivity index is 2.02. The Morgan fingerprint density at radius 2 is 1.74 bits per heavy atom. The minimum atomic E-state index is -0.272. The first-order valence-corrected chi connectivity index (χ1v) is 8.01. The monoisotopic (exact) mass is 266 g/mol. The molecule has 19 heavy (non-hydrogen) atoms. The summed E-state index contributed by atoms with van der Waals surface area (Å²) in [5.74, 6) is 0.231. The number of hydrogen-bond donors (Lipinski definition) is 2. The van der Waals surface area contributed by atoms with Crippen molar-refractivity contribution in [2.45, 2.75) is 77.7 Å². The van der Waals surface area contributed by atoms with Crippen LogP contribution in [0.25, 0.3) is 0 Å². The van der Waals surface area contributed by atoms with Crippen molar-refractivity contribution in [3.8, 4) is 0 Å². The van der Waals surface area contributed by atoms with Crippen molar-refractivity contribution in [2.75, 3.05) is 6.54 Å². The predicted octanol–water partition coefficient (Wildman–Crippen LogP) is 2.98. The van der Waals surface area contributed by atoms with Crippen molar-refractivity contribution in [2.24, 2.45) is 16.6 Å². The maximum atomic E-state index is 12.7. The van der Waals surface area contributed by atoms with E-state index in [1.54, 1.807) is 0 Å². The minimum absolute atomic E-state index is 0.231. The average molecular weight is 266 g/mol. The number of carbonyl (C=O) groups is 1. The summed E-state index contributed by atoms with van der Waals surface area (Å²) < 4.78 is 0. The summed E-state index contributed by atoms with van der Waals surface area (Å²) in [6.45, 7) is 5.08. The lowest BCUT2D eigenvalue weighted by Crippen LogP contribution is -2.54. The zero-order chi connectivity index (χ0) is 13.9. The van der Waals surface area contributed by atoms with Crippen LogP contribution in [0.1, 0.15) is 71.6 Å². The minimum Gasteiger partial charge on any atom is -0.352 e. The molecule has 0 heterocycles. The van der Waals surface area contributed by atoms with Gasteiger partial charge in [0.15, 0.2) is 0 Å². The number of nitrogens with one attached hydrogen (secondary N) is 1. The fourth-order valence-corrected chi connectivity index (χ4v) is 3.83. The molecule has 0 spiro atoms. The Morgan fingerprint density at radius 1 is 1.11 bits per heavy atom. The lowest BCUT2D eigenvalue weighted by atomic mass is 9.70. The van der Waals surface area contributed by atoms with Crippen LogP contribution in [0.2, 0.25) is 0 Å². The maximum Gasteiger partial charge on any atom is 0.227 e. The van der Waals surface area contributed by atoms with E-state index in [1.807, 2.05) is 0 Å². The molecule has 1 amide bonds. The van der Waals surface area contributed by atoms with Crippen molar-refractivity contribution < 1.29 is 4.79 Å². The summed E-state index contributed by atoms with van der Waals surface area (Å²) in [6, 6.07) is 0.333. The third kappa shape index (κ3) is 3.13. The molecular formula is C16H30N2O. The van der Waals surface area contributed by atoms with Gasteiger partial charge >= 0.3 is 0 Å². The normalized spacial score (nSPS) is 29.7. The molecule has 1 atom stereocenters. The van der Waals surface area contributed by atoms with Gasteiger partial charge in [-0.1, -0.05) is 46.0 Å². The lowest BCUT2D eigenvalue weighted by molar-refractivity contribution is -0.134. The average Bonchev–Trinajstić information content (AvgIpc) is 2.41. The molecule has 2 rings (SSSR count). The summed E-state index contributed by atoms with van der Waals surface area (Å²) in [7, 11) is 0. The van der Waals surface area contributed by atoms with E-state index >= 15 is 0 Å². The van der Waals surface area contributed by atoms with Gasteiger partial charge in [-0.3, -0.25) is 4.79 Å². The quantitative estimate of drug-likeness (QED) is 0.825. The highest BCUT2D eigenvalue weighted by atomic mass is 16.2. The summed E-state index contributed by atoms with van der Waals surface area (Å²) >= 11 is 0. The van der Waals surface area contributed by atoms with Crippen molar-refractivity contribution in [1.29, 1.82) is 0 Å². The summed E-state index contributed by atoms with van der Waals surface area (Å²) in [5.41, 5.74) is 5.91. The topological polar surface area (TPSA) is 55.1 Å². The first-order valence-electron chi connectivity index (χ1n) is 8.01. The van der Waals surface area contributed by atoms with E-state index in [0.29, 0.717) is 12.6 Å². The van der Waals surface area contributed by atoms with Crippen LogP contribution in [-0.4, -0.2) is 18.5 Å². The SMILES string of the molecule is CC1(C)CCCCC1NC(=O)C1(CN)CCCCC1. The third-order valence-electron chi connectivity index (χ3n) is 5.50. The van der Waals surface area contributed by atoms with Crippen LogP contribution in [0.4, 0.5) is 0 Å². The molecule has 3 N–H and O–H groups in total. The Hall–Kier alpha value is -0.570.